The summed E-state index contributed by atoms with van der Waals surface area (Å²) in [6.45, 7) is 1.78. The predicted octanol–water partition coefficient (Wildman–Crippen LogP) is 1.79. The fourth-order valence-corrected chi connectivity index (χ4v) is 3.87. The lowest BCUT2D eigenvalue weighted by molar-refractivity contribution is 0.123. The summed E-state index contributed by atoms with van der Waals surface area (Å²) in [5.74, 6) is 0.359. The molecule has 0 bridgehead atoms. The molecule has 0 spiro atoms. The lowest BCUT2D eigenvalue weighted by atomic mass is 10.0. The molecule has 1 aliphatic heterocycles. The Labute approximate surface area is 123 Å². The summed E-state index contributed by atoms with van der Waals surface area (Å²) in [5, 5.41) is 17.6. The van der Waals surface area contributed by atoms with Crippen molar-refractivity contribution in [3.8, 4) is 0 Å². The van der Waals surface area contributed by atoms with Crippen molar-refractivity contribution in [2.75, 3.05) is 12.4 Å². The Hall–Kier alpha value is -0.890. The molecule has 0 saturated carbocycles. The van der Waals surface area contributed by atoms with E-state index >= 15 is 0 Å². The van der Waals surface area contributed by atoms with Crippen molar-refractivity contribution in [1.82, 2.24) is 0 Å². The van der Waals surface area contributed by atoms with Crippen LogP contribution in [0.3, 0.4) is 0 Å². The van der Waals surface area contributed by atoms with E-state index in [1.54, 1.807) is 12.1 Å². The zero-order chi connectivity index (χ0) is 14.8. The third-order valence-electron chi connectivity index (χ3n) is 3.21. The van der Waals surface area contributed by atoms with E-state index in [-0.39, 0.29) is 22.5 Å². The fraction of sp³-hybridized carbons (Fsp3) is 0.462. The highest BCUT2D eigenvalue weighted by atomic mass is 32.2. The average molecular weight is 315 g/mol. The zero-order valence-electron chi connectivity index (χ0n) is 11.1. The third kappa shape index (κ3) is 3.60. The van der Waals surface area contributed by atoms with Gasteiger partial charge >= 0.3 is 0 Å². The highest BCUT2D eigenvalue weighted by molar-refractivity contribution is 8.14. The molecular weight excluding hydrogens is 298 g/mol. The van der Waals surface area contributed by atoms with Gasteiger partial charge in [0.25, 0.3) is 10.1 Å². The molecule has 1 fully saturated rings. The fourth-order valence-electron chi connectivity index (χ4n) is 1.90. The van der Waals surface area contributed by atoms with E-state index in [9.17, 15) is 13.5 Å². The Morgan fingerprint density at radius 1 is 1.40 bits per heavy atom. The molecule has 2 unspecified atom stereocenters. The summed E-state index contributed by atoms with van der Waals surface area (Å²) in [6.07, 6.45) is -0.292. The van der Waals surface area contributed by atoms with E-state index in [4.69, 9.17) is 9.59 Å². The van der Waals surface area contributed by atoms with Gasteiger partial charge in [-0.1, -0.05) is 17.7 Å². The first-order chi connectivity index (χ1) is 9.40. The van der Waals surface area contributed by atoms with E-state index < -0.39 is 16.2 Å². The molecule has 2 N–H and O–H groups in total. The van der Waals surface area contributed by atoms with Crippen LogP contribution in [0, 0.1) is 18.3 Å². The Bertz CT molecular complexity index is 583. The van der Waals surface area contributed by atoms with Crippen molar-refractivity contribution in [1.29, 1.82) is 5.41 Å². The van der Waals surface area contributed by atoms with Gasteiger partial charge < -0.3 is 5.11 Å². The van der Waals surface area contributed by atoms with E-state index in [1.807, 2.05) is 6.92 Å². The third-order valence-corrected chi connectivity index (χ3v) is 5.50. The minimum atomic E-state index is -3.81. The molecule has 0 aromatic heterocycles. The van der Waals surface area contributed by atoms with Crippen LogP contribution in [-0.4, -0.2) is 37.0 Å². The average Bonchev–Trinajstić information content (AvgIpc) is 2.41. The minimum Gasteiger partial charge on any atom is -0.386 e. The number of aryl methyl sites for hydroxylation is 1. The van der Waals surface area contributed by atoms with E-state index in [0.717, 1.165) is 5.56 Å². The second kappa shape index (κ2) is 6.26. The molecule has 110 valence electrons. The maximum absolute atomic E-state index is 12.0. The predicted molar refractivity (Wildman–Crippen MR) is 78.6 cm³/mol. The topological polar surface area (TPSA) is 87.5 Å². The molecule has 1 heterocycles. The van der Waals surface area contributed by atoms with E-state index in [1.165, 1.54) is 23.9 Å². The van der Waals surface area contributed by atoms with Crippen LogP contribution >= 0.6 is 11.8 Å². The molecule has 20 heavy (non-hydrogen) atoms. The summed E-state index contributed by atoms with van der Waals surface area (Å²) in [5.41, 5.74) is 0.970. The van der Waals surface area contributed by atoms with Crippen LogP contribution in [0.2, 0.25) is 0 Å². The van der Waals surface area contributed by atoms with Crippen molar-refractivity contribution < 1.29 is 17.7 Å². The van der Waals surface area contributed by atoms with Crippen molar-refractivity contribution in [3.05, 3.63) is 29.8 Å². The molecular formula is C13H17NO4S2. The van der Waals surface area contributed by atoms with Gasteiger partial charge in [0.15, 0.2) is 0 Å². The highest BCUT2D eigenvalue weighted by Gasteiger charge is 2.30. The molecule has 1 aromatic rings. The minimum absolute atomic E-state index is 0.0969. The van der Waals surface area contributed by atoms with Gasteiger partial charge in [-0.05, 0) is 31.2 Å². The summed E-state index contributed by atoms with van der Waals surface area (Å²) in [7, 11) is -3.81. The van der Waals surface area contributed by atoms with Gasteiger partial charge in [-0.25, -0.2) is 0 Å². The Kier molecular flexibility index (Phi) is 4.85. The van der Waals surface area contributed by atoms with Gasteiger partial charge in [0.2, 0.25) is 0 Å². The van der Waals surface area contributed by atoms with Crippen LogP contribution in [0.4, 0.5) is 0 Å². The van der Waals surface area contributed by atoms with Crippen LogP contribution in [0.1, 0.15) is 12.0 Å². The molecule has 1 saturated heterocycles. The molecule has 0 aliphatic carbocycles. The monoisotopic (exact) mass is 315 g/mol. The largest absolute Gasteiger partial charge is 0.386 e. The van der Waals surface area contributed by atoms with Crippen LogP contribution < -0.4 is 0 Å². The number of thioether (sulfide) groups is 1. The zero-order valence-corrected chi connectivity index (χ0v) is 12.7. The number of hydrogen-bond acceptors (Lipinski definition) is 6. The number of hydrogen-bond donors (Lipinski definition) is 2. The first-order valence-electron chi connectivity index (χ1n) is 6.25. The SMILES string of the molecule is Cc1ccc(S(=O)(=O)OCC2CCSC(=N)C2O)cc1. The molecule has 2 atom stereocenters. The number of aliphatic hydroxyl groups excluding tert-OH is 1. The summed E-state index contributed by atoms with van der Waals surface area (Å²) in [4.78, 5) is 0.109. The van der Waals surface area contributed by atoms with Crippen molar-refractivity contribution in [3.63, 3.8) is 0 Å². The molecule has 1 aromatic carbocycles. The highest BCUT2D eigenvalue weighted by Crippen LogP contribution is 2.26. The number of rotatable bonds is 4. The van der Waals surface area contributed by atoms with E-state index in [0.29, 0.717) is 12.2 Å². The molecule has 1 aliphatic rings. The number of benzene rings is 1. The molecule has 2 rings (SSSR count). The standard InChI is InChI=1S/C13H17NO4S2/c1-9-2-4-11(5-3-9)20(16,17)18-8-10-6-7-19-13(14)12(10)15/h2-5,10,12,14-15H,6-8H2,1H3. The van der Waals surface area contributed by atoms with Crippen molar-refractivity contribution in [2.45, 2.75) is 24.3 Å². The number of nitrogens with one attached hydrogen (secondary N) is 1. The van der Waals surface area contributed by atoms with Crippen molar-refractivity contribution in [2.24, 2.45) is 5.92 Å². The first kappa shape index (κ1) is 15.5. The maximum atomic E-state index is 12.0. The van der Waals surface area contributed by atoms with Gasteiger partial charge in [-0.2, -0.15) is 8.42 Å². The van der Waals surface area contributed by atoms with Gasteiger partial charge in [0, 0.05) is 5.92 Å². The summed E-state index contributed by atoms with van der Waals surface area (Å²) >= 11 is 1.29. The van der Waals surface area contributed by atoms with Gasteiger partial charge in [0.1, 0.15) is 6.10 Å². The van der Waals surface area contributed by atoms with E-state index in [2.05, 4.69) is 0 Å². The van der Waals surface area contributed by atoms with Gasteiger partial charge in [0.05, 0.1) is 16.5 Å². The summed E-state index contributed by atoms with van der Waals surface area (Å²) in [6, 6.07) is 6.41. The van der Waals surface area contributed by atoms with Crippen LogP contribution in [0.5, 0.6) is 0 Å². The van der Waals surface area contributed by atoms with Crippen LogP contribution in [-0.2, 0) is 14.3 Å². The maximum Gasteiger partial charge on any atom is 0.296 e. The first-order valence-corrected chi connectivity index (χ1v) is 8.65. The second-order valence-electron chi connectivity index (χ2n) is 4.76. The Balaban J connectivity index is 2.02. The number of aliphatic hydroxyl groups is 1. The quantitative estimate of drug-likeness (QED) is 0.827. The molecule has 5 nitrogen and oxygen atoms in total. The van der Waals surface area contributed by atoms with Crippen LogP contribution in [0.25, 0.3) is 0 Å². The van der Waals surface area contributed by atoms with Crippen LogP contribution in [0.15, 0.2) is 29.2 Å². The van der Waals surface area contributed by atoms with Gasteiger partial charge in [-0.15, -0.1) is 11.8 Å². The second-order valence-corrected chi connectivity index (χ2v) is 7.51. The lowest BCUT2D eigenvalue weighted by Gasteiger charge is -2.27. The Morgan fingerprint density at radius 3 is 2.70 bits per heavy atom. The Morgan fingerprint density at radius 2 is 2.05 bits per heavy atom. The molecule has 0 amide bonds. The lowest BCUT2D eigenvalue weighted by Crippen LogP contribution is -2.35. The van der Waals surface area contributed by atoms with Gasteiger partial charge in [-0.3, -0.25) is 9.59 Å². The smallest absolute Gasteiger partial charge is 0.296 e. The normalized spacial score (nSPS) is 23.8. The molecule has 0 radical (unpaired) electrons. The van der Waals surface area contributed by atoms with Crippen molar-refractivity contribution >= 4 is 26.9 Å². The summed E-state index contributed by atoms with van der Waals surface area (Å²) < 4.78 is 29.0. The molecule has 7 heteroatoms.